The third kappa shape index (κ3) is 3.76. The highest BCUT2D eigenvalue weighted by molar-refractivity contribution is 5.90. The lowest BCUT2D eigenvalue weighted by Gasteiger charge is -2.22. The Hall–Kier alpha value is -3.11. The minimum Gasteiger partial charge on any atom is -0.493 e. The maximum atomic E-state index is 11.7. The van der Waals surface area contributed by atoms with Gasteiger partial charge in [0.2, 0.25) is 5.88 Å². The zero-order chi connectivity index (χ0) is 18.5. The second kappa shape index (κ2) is 7.85. The van der Waals surface area contributed by atoms with E-state index in [0.717, 1.165) is 18.4 Å². The smallest absolute Gasteiger partial charge is 0.341 e. The largest absolute Gasteiger partial charge is 0.493 e. The molecular weight excluding hydrogens is 336 g/mol. The van der Waals surface area contributed by atoms with E-state index >= 15 is 0 Å². The fourth-order valence-electron chi connectivity index (χ4n) is 2.88. The number of benzene rings is 1. The third-order valence-corrected chi connectivity index (χ3v) is 4.29. The Morgan fingerprint density at radius 3 is 2.73 bits per heavy atom. The van der Waals surface area contributed by atoms with Crippen LogP contribution in [0, 0.1) is 11.3 Å². The number of nitriles is 1. The molecule has 3 rings (SSSR count). The molecule has 1 aliphatic rings. The van der Waals surface area contributed by atoms with E-state index in [4.69, 9.17) is 19.5 Å². The van der Waals surface area contributed by atoms with E-state index in [2.05, 4.69) is 4.98 Å². The predicted octanol–water partition coefficient (Wildman–Crippen LogP) is 3.35. The van der Waals surface area contributed by atoms with Crippen molar-refractivity contribution in [3.63, 3.8) is 0 Å². The van der Waals surface area contributed by atoms with E-state index < -0.39 is 5.97 Å². The molecule has 1 saturated heterocycles. The molecule has 0 saturated carbocycles. The lowest BCUT2D eigenvalue weighted by molar-refractivity contribution is 0.0692. The Balaban J connectivity index is 1.92. The first-order chi connectivity index (χ1) is 12.6. The summed E-state index contributed by atoms with van der Waals surface area (Å²) in [6.07, 6.45) is 3.32. The van der Waals surface area contributed by atoms with Gasteiger partial charge in [0.25, 0.3) is 0 Å². The normalized spacial score (nSPS) is 14.5. The standard InChI is InChI=1S/C19H18N2O5/c1-24-17-8-12(10-20)2-3-16(17)26-18-15(19(22)23)9-14(11-21-18)13-4-6-25-7-5-13/h2-3,8-9,11,13H,4-7H2,1H3,(H,22,23). The van der Waals surface area contributed by atoms with Crippen LogP contribution >= 0.6 is 0 Å². The van der Waals surface area contributed by atoms with Crippen LogP contribution in [0.5, 0.6) is 17.4 Å². The van der Waals surface area contributed by atoms with Crippen molar-refractivity contribution < 1.29 is 24.1 Å². The molecule has 2 aromatic rings. The maximum absolute atomic E-state index is 11.7. The fourth-order valence-corrected chi connectivity index (χ4v) is 2.88. The Labute approximate surface area is 150 Å². The Kier molecular flexibility index (Phi) is 5.34. The second-order valence-corrected chi connectivity index (χ2v) is 5.89. The maximum Gasteiger partial charge on any atom is 0.341 e. The van der Waals surface area contributed by atoms with Crippen LogP contribution < -0.4 is 9.47 Å². The summed E-state index contributed by atoms with van der Waals surface area (Å²) < 4.78 is 16.2. The lowest BCUT2D eigenvalue weighted by atomic mass is 9.92. The van der Waals surface area contributed by atoms with Crippen LogP contribution in [-0.4, -0.2) is 36.4 Å². The molecular formula is C19H18N2O5. The number of carboxylic acid groups (broad SMARTS) is 1. The van der Waals surface area contributed by atoms with Gasteiger partial charge in [0.1, 0.15) is 5.56 Å². The molecule has 2 heterocycles. The molecule has 1 aliphatic heterocycles. The number of hydrogen-bond acceptors (Lipinski definition) is 6. The summed E-state index contributed by atoms with van der Waals surface area (Å²) in [5, 5.41) is 18.5. The number of pyridine rings is 1. The number of methoxy groups -OCH3 is 1. The van der Waals surface area contributed by atoms with Gasteiger partial charge in [-0.15, -0.1) is 0 Å². The number of nitrogens with zero attached hydrogens (tertiary/aromatic N) is 2. The molecule has 26 heavy (non-hydrogen) atoms. The van der Waals surface area contributed by atoms with Crippen LogP contribution in [0.25, 0.3) is 0 Å². The first-order valence-electron chi connectivity index (χ1n) is 8.19. The van der Waals surface area contributed by atoms with Gasteiger partial charge in [-0.3, -0.25) is 0 Å². The van der Waals surface area contributed by atoms with Crippen molar-refractivity contribution in [2.75, 3.05) is 20.3 Å². The van der Waals surface area contributed by atoms with Crippen molar-refractivity contribution in [1.29, 1.82) is 5.26 Å². The highest BCUT2D eigenvalue weighted by Crippen LogP contribution is 2.34. The van der Waals surface area contributed by atoms with Gasteiger partial charge in [-0.25, -0.2) is 9.78 Å². The van der Waals surface area contributed by atoms with Crippen LogP contribution in [-0.2, 0) is 4.74 Å². The second-order valence-electron chi connectivity index (χ2n) is 5.89. The van der Waals surface area contributed by atoms with Crippen molar-refractivity contribution in [1.82, 2.24) is 4.98 Å². The van der Waals surface area contributed by atoms with E-state index in [1.54, 1.807) is 24.4 Å². The minimum absolute atomic E-state index is 0.0135. The molecule has 0 bridgehead atoms. The molecule has 0 radical (unpaired) electrons. The van der Waals surface area contributed by atoms with Gasteiger partial charge in [0.05, 0.1) is 18.7 Å². The predicted molar refractivity (Wildman–Crippen MR) is 91.8 cm³/mol. The molecule has 7 nitrogen and oxygen atoms in total. The Bertz CT molecular complexity index is 853. The molecule has 0 spiro atoms. The Morgan fingerprint density at radius 2 is 2.08 bits per heavy atom. The number of ether oxygens (including phenoxy) is 3. The Morgan fingerprint density at radius 1 is 1.31 bits per heavy atom. The average molecular weight is 354 g/mol. The van der Waals surface area contributed by atoms with Crippen LogP contribution in [0.2, 0.25) is 0 Å². The summed E-state index contributed by atoms with van der Waals surface area (Å²) in [5.41, 5.74) is 1.26. The SMILES string of the molecule is COc1cc(C#N)ccc1Oc1ncc(C2CCOCC2)cc1C(=O)O. The number of aromatic nitrogens is 1. The van der Waals surface area contributed by atoms with Crippen LogP contribution in [0.4, 0.5) is 0 Å². The summed E-state index contributed by atoms with van der Waals surface area (Å²) in [5.74, 6) is -0.283. The highest BCUT2D eigenvalue weighted by atomic mass is 16.5. The van der Waals surface area contributed by atoms with Gasteiger partial charge in [-0.1, -0.05) is 0 Å². The lowest BCUT2D eigenvalue weighted by Crippen LogP contribution is -2.15. The molecule has 1 aromatic carbocycles. The first-order valence-corrected chi connectivity index (χ1v) is 8.19. The average Bonchev–Trinajstić information content (AvgIpc) is 2.69. The molecule has 0 aliphatic carbocycles. The number of aromatic carboxylic acids is 1. The van der Waals surface area contributed by atoms with Gasteiger partial charge in [0, 0.05) is 25.5 Å². The number of carboxylic acids is 1. The van der Waals surface area contributed by atoms with Gasteiger partial charge in [0.15, 0.2) is 11.5 Å². The summed E-state index contributed by atoms with van der Waals surface area (Å²) >= 11 is 0. The zero-order valence-corrected chi connectivity index (χ0v) is 14.3. The molecule has 0 unspecified atom stereocenters. The van der Waals surface area contributed by atoms with Crippen molar-refractivity contribution in [3.05, 3.63) is 47.2 Å². The van der Waals surface area contributed by atoms with E-state index in [1.807, 2.05) is 6.07 Å². The fraction of sp³-hybridized carbons (Fsp3) is 0.316. The monoisotopic (exact) mass is 354 g/mol. The summed E-state index contributed by atoms with van der Waals surface area (Å²) in [6, 6.07) is 8.26. The first kappa shape index (κ1) is 17.7. The number of hydrogen-bond donors (Lipinski definition) is 1. The van der Waals surface area contributed by atoms with Gasteiger partial charge < -0.3 is 19.3 Å². The quantitative estimate of drug-likeness (QED) is 0.878. The van der Waals surface area contributed by atoms with E-state index in [0.29, 0.717) is 30.3 Å². The number of carbonyl (C=O) groups is 1. The van der Waals surface area contributed by atoms with Crippen molar-refractivity contribution in [2.45, 2.75) is 18.8 Å². The summed E-state index contributed by atoms with van der Waals surface area (Å²) in [7, 11) is 1.45. The molecule has 7 heteroatoms. The van der Waals surface area contributed by atoms with E-state index in [-0.39, 0.29) is 17.4 Å². The zero-order valence-electron chi connectivity index (χ0n) is 14.3. The van der Waals surface area contributed by atoms with Crippen LogP contribution in [0.15, 0.2) is 30.5 Å². The van der Waals surface area contributed by atoms with E-state index in [1.165, 1.54) is 13.2 Å². The van der Waals surface area contributed by atoms with Gasteiger partial charge in [-0.05, 0) is 42.5 Å². The van der Waals surface area contributed by atoms with Crippen LogP contribution in [0.3, 0.4) is 0 Å². The van der Waals surface area contributed by atoms with Crippen LogP contribution in [0.1, 0.15) is 40.2 Å². The topological polar surface area (TPSA) is 102 Å². The number of rotatable bonds is 5. The molecule has 1 N–H and O–H groups in total. The third-order valence-electron chi connectivity index (χ3n) is 4.29. The summed E-state index contributed by atoms with van der Waals surface area (Å²) in [6.45, 7) is 1.32. The minimum atomic E-state index is -1.12. The van der Waals surface area contributed by atoms with Crippen molar-refractivity contribution >= 4 is 5.97 Å². The van der Waals surface area contributed by atoms with Crippen molar-refractivity contribution in [3.8, 4) is 23.4 Å². The molecule has 0 amide bonds. The highest BCUT2D eigenvalue weighted by Gasteiger charge is 2.22. The summed E-state index contributed by atoms with van der Waals surface area (Å²) in [4.78, 5) is 15.9. The van der Waals surface area contributed by atoms with Crippen molar-refractivity contribution in [2.24, 2.45) is 0 Å². The molecule has 134 valence electrons. The molecule has 1 aromatic heterocycles. The van der Waals surface area contributed by atoms with Gasteiger partial charge in [-0.2, -0.15) is 5.26 Å². The van der Waals surface area contributed by atoms with E-state index in [9.17, 15) is 9.90 Å². The van der Waals surface area contributed by atoms with Gasteiger partial charge >= 0.3 is 5.97 Å². The molecule has 1 fully saturated rings. The molecule has 0 atom stereocenters.